The average molecular weight is 306 g/mol. The van der Waals surface area contributed by atoms with Crippen LogP contribution in [0.25, 0.3) is 0 Å². The van der Waals surface area contributed by atoms with Crippen LogP contribution in [0.4, 0.5) is 0 Å². The van der Waals surface area contributed by atoms with E-state index in [2.05, 4.69) is 10.0 Å². The Morgan fingerprint density at radius 1 is 1.50 bits per heavy atom. The van der Waals surface area contributed by atoms with Crippen LogP contribution in [0.3, 0.4) is 0 Å². The molecule has 0 amide bonds. The zero-order chi connectivity index (χ0) is 13.0. The van der Waals surface area contributed by atoms with Crippen LogP contribution >= 0.6 is 23.1 Å². The fourth-order valence-electron chi connectivity index (χ4n) is 1.86. The lowest BCUT2D eigenvalue weighted by Gasteiger charge is -2.09. The molecule has 7 heteroatoms. The Morgan fingerprint density at radius 2 is 2.33 bits per heavy atom. The molecule has 0 aromatic carbocycles. The predicted molar refractivity (Wildman–Crippen MR) is 77.8 cm³/mol. The first-order valence-corrected chi connectivity index (χ1v) is 9.36. The standard InChI is InChI=1S/C11H18N2O2S3/c1-12-6-10-5-11(8-17-10)18(14,15)13-7-9-3-2-4-16-9/h5,8-9,12-13H,2-4,6-7H2,1H3. The van der Waals surface area contributed by atoms with Crippen LogP contribution in [0.2, 0.25) is 0 Å². The molecule has 1 aliphatic heterocycles. The Morgan fingerprint density at radius 3 is 3.00 bits per heavy atom. The van der Waals surface area contributed by atoms with Crippen molar-refractivity contribution in [1.82, 2.24) is 10.0 Å². The van der Waals surface area contributed by atoms with E-state index in [9.17, 15) is 8.42 Å². The fraction of sp³-hybridized carbons (Fsp3) is 0.636. The number of rotatable bonds is 6. The van der Waals surface area contributed by atoms with Crippen LogP contribution in [-0.4, -0.2) is 33.0 Å². The van der Waals surface area contributed by atoms with E-state index >= 15 is 0 Å². The van der Waals surface area contributed by atoms with Crippen LogP contribution in [0.5, 0.6) is 0 Å². The second kappa shape index (κ2) is 6.38. The van der Waals surface area contributed by atoms with Gasteiger partial charge in [-0.05, 0) is 31.7 Å². The van der Waals surface area contributed by atoms with Crippen molar-refractivity contribution in [2.24, 2.45) is 0 Å². The molecule has 1 aromatic rings. The van der Waals surface area contributed by atoms with E-state index in [-0.39, 0.29) is 0 Å². The summed E-state index contributed by atoms with van der Waals surface area (Å²) in [7, 11) is -1.48. The fourth-order valence-corrected chi connectivity index (χ4v) is 5.53. The minimum absolute atomic E-state index is 0.390. The summed E-state index contributed by atoms with van der Waals surface area (Å²) in [4.78, 5) is 1.42. The summed E-state index contributed by atoms with van der Waals surface area (Å²) < 4.78 is 26.9. The molecule has 18 heavy (non-hydrogen) atoms. The summed E-state index contributed by atoms with van der Waals surface area (Å²) >= 11 is 3.33. The van der Waals surface area contributed by atoms with Crippen LogP contribution in [0.1, 0.15) is 17.7 Å². The molecule has 1 atom stereocenters. The van der Waals surface area contributed by atoms with Crippen LogP contribution in [0, 0.1) is 0 Å². The first-order valence-electron chi connectivity index (χ1n) is 5.95. The molecule has 0 bridgehead atoms. The smallest absolute Gasteiger partial charge is 0.241 e. The topological polar surface area (TPSA) is 58.2 Å². The first-order chi connectivity index (χ1) is 8.62. The van der Waals surface area contributed by atoms with E-state index in [1.807, 2.05) is 18.8 Å². The highest BCUT2D eigenvalue weighted by molar-refractivity contribution is 8.00. The second-order valence-electron chi connectivity index (χ2n) is 4.27. The van der Waals surface area contributed by atoms with Crippen molar-refractivity contribution in [3.05, 3.63) is 16.3 Å². The summed E-state index contributed by atoms with van der Waals surface area (Å²) in [5, 5.41) is 5.16. The van der Waals surface area contributed by atoms with Gasteiger partial charge in [0.05, 0.1) is 4.90 Å². The number of hydrogen-bond donors (Lipinski definition) is 2. The van der Waals surface area contributed by atoms with Crippen molar-refractivity contribution < 1.29 is 8.42 Å². The van der Waals surface area contributed by atoms with Gasteiger partial charge in [-0.1, -0.05) is 0 Å². The number of thioether (sulfide) groups is 1. The third-order valence-corrected chi connectivity index (χ3v) is 6.70. The molecule has 2 heterocycles. The van der Waals surface area contributed by atoms with E-state index in [0.717, 1.165) is 17.1 Å². The second-order valence-corrected chi connectivity index (χ2v) is 8.44. The number of hydrogen-bond acceptors (Lipinski definition) is 5. The van der Waals surface area contributed by atoms with Crippen molar-refractivity contribution in [2.45, 2.75) is 29.5 Å². The largest absolute Gasteiger partial charge is 0.315 e. The third kappa shape index (κ3) is 3.71. The van der Waals surface area contributed by atoms with Crippen molar-refractivity contribution in [3.63, 3.8) is 0 Å². The Bertz CT molecular complexity index is 478. The quantitative estimate of drug-likeness (QED) is 0.839. The highest BCUT2D eigenvalue weighted by atomic mass is 32.2. The molecule has 0 spiro atoms. The maximum atomic E-state index is 12.1. The molecule has 1 saturated heterocycles. The maximum absolute atomic E-state index is 12.1. The Hall–Kier alpha value is -0.0800. The van der Waals surface area contributed by atoms with Crippen LogP contribution < -0.4 is 10.0 Å². The monoisotopic (exact) mass is 306 g/mol. The highest BCUT2D eigenvalue weighted by Crippen LogP contribution is 2.26. The minimum Gasteiger partial charge on any atom is -0.315 e. The van der Waals surface area contributed by atoms with Crippen molar-refractivity contribution in [3.8, 4) is 0 Å². The molecule has 1 aliphatic rings. The summed E-state index contributed by atoms with van der Waals surface area (Å²) in [6.07, 6.45) is 2.31. The van der Waals surface area contributed by atoms with Gasteiger partial charge in [0.25, 0.3) is 0 Å². The molecule has 0 aliphatic carbocycles. The van der Waals surface area contributed by atoms with Gasteiger partial charge in [-0.3, -0.25) is 0 Å². The zero-order valence-corrected chi connectivity index (χ0v) is 12.8. The zero-order valence-electron chi connectivity index (χ0n) is 10.3. The molecule has 2 N–H and O–H groups in total. The van der Waals surface area contributed by atoms with Crippen LogP contribution in [-0.2, 0) is 16.6 Å². The van der Waals surface area contributed by atoms with E-state index < -0.39 is 10.0 Å². The summed E-state index contributed by atoms with van der Waals surface area (Å²) in [6.45, 7) is 1.25. The summed E-state index contributed by atoms with van der Waals surface area (Å²) in [5.74, 6) is 1.15. The molecule has 0 saturated carbocycles. The Balaban J connectivity index is 1.95. The van der Waals surface area contributed by atoms with E-state index in [1.54, 1.807) is 11.4 Å². The van der Waals surface area contributed by atoms with Gasteiger partial charge in [-0.2, -0.15) is 11.8 Å². The normalized spacial score (nSPS) is 20.4. The molecular formula is C11H18N2O2S3. The van der Waals surface area contributed by atoms with Crippen molar-refractivity contribution in [2.75, 3.05) is 19.3 Å². The number of nitrogens with one attached hydrogen (secondary N) is 2. The van der Waals surface area contributed by atoms with Crippen LogP contribution in [0.15, 0.2) is 16.3 Å². The van der Waals surface area contributed by atoms with Gasteiger partial charge >= 0.3 is 0 Å². The average Bonchev–Trinajstić information content (AvgIpc) is 2.98. The molecule has 1 aromatic heterocycles. The lowest BCUT2D eigenvalue weighted by molar-refractivity contribution is 0.579. The summed E-state index contributed by atoms with van der Waals surface area (Å²) in [5.41, 5.74) is 0. The summed E-state index contributed by atoms with van der Waals surface area (Å²) in [6, 6.07) is 1.74. The van der Waals surface area contributed by atoms with Gasteiger partial charge in [0, 0.05) is 28.6 Å². The maximum Gasteiger partial charge on any atom is 0.241 e. The van der Waals surface area contributed by atoms with Gasteiger partial charge in [-0.15, -0.1) is 11.3 Å². The molecule has 4 nitrogen and oxygen atoms in total. The first kappa shape index (κ1) is 14.3. The SMILES string of the molecule is CNCc1cc(S(=O)(=O)NCC2CCCS2)cs1. The highest BCUT2D eigenvalue weighted by Gasteiger charge is 2.20. The molecule has 0 radical (unpaired) electrons. The lowest BCUT2D eigenvalue weighted by atomic mass is 10.2. The lowest BCUT2D eigenvalue weighted by Crippen LogP contribution is -2.29. The molecule has 2 rings (SSSR count). The van der Waals surface area contributed by atoms with E-state index in [1.165, 1.54) is 17.8 Å². The van der Waals surface area contributed by atoms with Gasteiger partial charge in [-0.25, -0.2) is 13.1 Å². The molecule has 1 unspecified atom stereocenters. The van der Waals surface area contributed by atoms with Gasteiger partial charge < -0.3 is 5.32 Å². The van der Waals surface area contributed by atoms with Crippen molar-refractivity contribution in [1.29, 1.82) is 0 Å². The molecular weight excluding hydrogens is 288 g/mol. The number of thiophene rings is 1. The van der Waals surface area contributed by atoms with Gasteiger partial charge in [0.2, 0.25) is 10.0 Å². The molecule has 102 valence electrons. The van der Waals surface area contributed by atoms with Gasteiger partial charge in [0.15, 0.2) is 0 Å². The Labute approximate surface area is 117 Å². The van der Waals surface area contributed by atoms with E-state index in [4.69, 9.17) is 0 Å². The third-order valence-electron chi connectivity index (χ3n) is 2.82. The number of sulfonamides is 1. The predicted octanol–water partition coefficient (Wildman–Crippen LogP) is 1.64. The minimum atomic E-state index is -3.33. The van der Waals surface area contributed by atoms with E-state index in [0.29, 0.717) is 23.2 Å². The Kier molecular flexibility index (Phi) is 5.08. The van der Waals surface area contributed by atoms with Crippen molar-refractivity contribution >= 4 is 33.1 Å². The molecule has 1 fully saturated rings. The van der Waals surface area contributed by atoms with Gasteiger partial charge in [0.1, 0.15) is 0 Å².